The third-order valence-corrected chi connectivity index (χ3v) is 3.02. The molecule has 0 fully saturated rings. The van der Waals surface area contributed by atoms with Crippen LogP contribution in [-0.4, -0.2) is 0 Å². The summed E-state index contributed by atoms with van der Waals surface area (Å²) < 4.78 is 0. The molecular weight excluding hydrogens is 228 g/mol. The SMILES string of the molecule is C=CCc1ccc(C#Cc2cccc(CC)c2)cc1. The van der Waals surface area contributed by atoms with Crippen LogP contribution < -0.4 is 0 Å². The van der Waals surface area contributed by atoms with Gasteiger partial charge >= 0.3 is 0 Å². The number of hydrogen-bond donors (Lipinski definition) is 0. The van der Waals surface area contributed by atoms with Gasteiger partial charge in [-0.1, -0.05) is 49.1 Å². The minimum atomic E-state index is 0.909. The lowest BCUT2D eigenvalue weighted by Crippen LogP contribution is -1.83. The molecule has 0 amide bonds. The van der Waals surface area contributed by atoms with Crippen molar-refractivity contribution in [3.8, 4) is 11.8 Å². The molecule has 0 nitrogen and oxygen atoms in total. The summed E-state index contributed by atoms with van der Waals surface area (Å²) in [6.45, 7) is 5.90. The first kappa shape index (κ1) is 13.2. The highest BCUT2D eigenvalue weighted by Crippen LogP contribution is 2.07. The van der Waals surface area contributed by atoms with Crippen molar-refractivity contribution in [1.82, 2.24) is 0 Å². The average molecular weight is 246 g/mol. The van der Waals surface area contributed by atoms with Gasteiger partial charge in [0.15, 0.2) is 0 Å². The zero-order valence-electron chi connectivity index (χ0n) is 11.3. The smallest absolute Gasteiger partial charge is 0.0251 e. The zero-order chi connectivity index (χ0) is 13.5. The third-order valence-electron chi connectivity index (χ3n) is 3.02. The lowest BCUT2D eigenvalue weighted by Gasteiger charge is -1.97. The highest BCUT2D eigenvalue weighted by atomic mass is 14.0. The second kappa shape index (κ2) is 6.61. The van der Waals surface area contributed by atoms with Gasteiger partial charge in [0.25, 0.3) is 0 Å². The number of allylic oxidation sites excluding steroid dienone is 1. The van der Waals surface area contributed by atoms with Crippen molar-refractivity contribution in [3.63, 3.8) is 0 Å². The maximum atomic E-state index is 3.74. The summed E-state index contributed by atoms with van der Waals surface area (Å²) >= 11 is 0. The van der Waals surface area contributed by atoms with Crippen molar-refractivity contribution in [2.75, 3.05) is 0 Å². The molecule has 19 heavy (non-hydrogen) atoms. The minimum absolute atomic E-state index is 0.909. The molecule has 0 aliphatic heterocycles. The molecule has 0 aliphatic carbocycles. The fourth-order valence-corrected chi connectivity index (χ4v) is 1.90. The first-order valence-corrected chi connectivity index (χ1v) is 6.62. The van der Waals surface area contributed by atoms with Crippen LogP contribution in [0.3, 0.4) is 0 Å². The van der Waals surface area contributed by atoms with Crippen molar-refractivity contribution in [2.45, 2.75) is 19.8 Å². The zero-order valence-corrected chi connectivity index (χ0v) is 11.3. The van der Waals surface area contributed by atoms with Crippen molar-refractivity contribution in [2.24, 2.45) is 0 Å². The molecule has 0 bridgehead atoms. The third kappa shape index (κ3) is 3.86. The predicted octanol–water partition coefficient (Wildman–Crippen LogP) is 4.38. The predicted molar refractivity (Wildman–Crippen MR) is 82.1 cm³/mol. The van der Waals surface area contributed by atoms with Crippen molar-refractivity contribution >= 4 is 0 Å². The average Bonchev–Trinajstić information content (AvgIpc) is 2.47. The van der Waals surface area contributed by atoms with Gasteiger partial charge in [0.05, 0.1) is 0 Å². The normalized spacial score (nSPS) is 9.53. The number of rotatable bonds is 3. The monoisotopic (exact) mass is 246 g/mol. The van der Waals surface area contributed by atoms with Gasteiger partial charge in [-0.3, -0.25) is 0 Å². The molecule has 0 atom stereocenters. The van der Waals surface area contributed by atoms with E-state index in [4.69, 9.17) is 0 Å². The van der Waals surface area contributed by atoms with Crippen LogP contribution >= 0.6 is 0 Å². The lowest BCUT2D eigenvalue weighted by atomic mass is 10.1. The molecule has 0 N–H and O–H groups in total. The highest BCUT2D eigenvalue weighted by molar-refractivity contribution is 5.44. The van der Waals surface area contributed by atoms with Crippen LogP contribution in [0.4, 0.5) is 0 Å². The van der Waals surface area contributed by atoms with Crippen molar-refractivity contribution < 1.29 is 0 Å². The Morgan fingerprint density at radius 2 is 1.68 bits per heavy atom. The van der Waals surface area contributed by atoms with E-state index < -0.39 is 0 Å². The second-order valence-electron chi connectivity index (χ2n) is 4.49. The van der Waals surface area contributed by atoms with Gasteiger partial charge in [-0.2, -0.15) is 0 Å². The summed E-state index contributed by atoms with van der Waals surface area (Å²) in [6, 6.07) is 16.7. The summed E-state index contributed by atoms with van der Waals surface area (Å²) in [6.07, 6.45) is 3.87. The molecular formula is C19H18. The molecule has 2 rings (SSSR count). The topological polar surface area (TPSA) is 0 Å². The molecule has 0 aliphatic rings. The summed E-state index contributed by atoms with van der Waals surface area (Å²) in [5.41, 5.74) is 4.73. The summed E-state index contributed by atoms with van der Waals surface area (Å²) in [5.74, 6) is 6.42. The van der Waals surface area contributed by atoms with Crippen LogP contribution in [0.5, 0.6) is 0 Å². The molecule has 0 saturated carbocycles. The Morgan fingerprint density at radius 3 is 2.37 bits per heavy atom. The Hall–Kier alpha value is -2.26. The van der Waals surface area contributed by atoms with Crippen LogP contribution in [0.1, 0.15) is 29.2 Å². The molecule has 94 valence electrons. The molecule has 0 aromatic heterocycles. The van der Waals surface area contributed by atoms with Gasteiger partial charge < -0.3 is 0 Å². The van der Waals surface area contributed by atoms with E-state index in [9.17, 15) is 0 Å². The Kier molecular flexibility index (Phi) is 4.59. The van der Waals surface area contributed by atoms with Crippen LogP contribution in [0.15, 0.2) is 61.2 Å². The Bertz CT molecular complexity index is 606. The van der Waals surface area contributed by atoms with Gasteiger partial charge in [0.1, 0.15) is 0 Å². The van der Waals surface area contributed by atoms with Gasteiger partial charge in [-0.25, -0.2) is 0 Å². The molecule has 0 heteroatoms. The van der Waals surface area contributed by atoms with Gasteiger partial charge in [-0.15, -0.1) is 6.58 Å². The van der Waals surface area contributed by atoms with E-state index in [1.807, 2.05) is 6.08 Å². The van der Waals surface area contributed by atoms with E-state index in [0.29, 0.717) is 0 Å². The Morgan fingerprint density at radius 1 is 0.947 bits per heavy atom. The lowest BCUT2D eigenvalue weighted by molar-refractivity contribution is 1.14. The van der Waals surface area contributed by atoms with Crippen LogP contribution in [0.2, 0.25) is 0 Å². The fraction of sp³-hybridized carbons (Fsp3) is 0.158. The fourth-order valence-electron chi connectivity index (χ4n) is 1.90. The molecule has 2 aromatic carbocycles. The summed E-state index contributed by atoms with van der Waals surface area (Å²) in [7, 11) is 0. The minimum Gasteiger partial charge on any atom is -0.103 e. The van der Waals surface area contributed by atoms with Crippen molar-refractivity contribution in [1.29, 1.82) is 0 Å². The molecule has 0 heterocycles. The number of hydrogen-bond acceptors (Lipinski definition) is 0. The van der Waals surface area contributed by atoms with E-state index in [1.54, 1.807) is 0 Å². The van der Waals surface area contributed by atoms with Gasteiger partial charge in [0, 0.05) is 11.1 Å². The molecule has 2 aromatic rings. The van der Waals surface area contributed by atoms with E-state index in [2.05, 4.69) is 73.9 Å². The standard InChI is InChI=1S/C19H18/c1-3-6-17-9-11-18(12-10-17)13-14-19-8-5-7-16(4-2)15-19/h3,5,7-12,15H,1,4,6H2,2H3. The maximum Gasteiger partial charge on any atom is 0.0251 e. The molecule has 0 saturated heterocycles. The Balaban J connectivity index is 2.16. The Labute approximate surface area is 115 Å². The molecule has 0 spiro atoms. The van der Waals surface area contributed by atoms with Crippen LogP contribution in [0.25, 0.3) is 0 Å². The van der Waals surface area contributed by atoms with E-state index >= 15 is 0 Å². The summed E-state index contributed by atoms with van der Waals surface area (Å²) in [4.78, 5) is 0. The first-order valence-electron chi connectivity index (χ1n) is 6.62. The molecule has 0 radical (unpaired) electrons. The number of benzene rings is 2. The van der Waals surface area contributed by atoms with Gasteiger partial charge in [-0.05, 0) is 48.2 Å². The second-order valence-corrected chi connectivity index (χ2v) is 4.49. The highest BCUT2D eigenvalue weighted by Gasteiger charge is 1.92. The van der Waals surface area contributed by atoms with E-state index in [0.717, 1.165) is 24.0 Å². The number of aryl methyl sites for hydroxylation is 1. The largest absolute Gasteiger partial charge is 0.103 e. The quantitative estimate of drug-likeness (QED) is 0.557. The van der Waals surface area contributed by atoms with E-state index in [1.165, 1.54) is 11.1 Å². The molecule has 0 unspecified atom stereocenters. The van der Waals surface area contributed by atoms with Crippen LogP contribution in [-0.2, 0) is 12.8 Å². The van der Waals surface area contributed by atoms with Crippen LogP contribution in [0, 0.1) is 11.8 Å². The van der Waals surface area contributed by atoms with Gasteiger partial charge in [0.2, 0.25) is 0 Å². The maximum absolute atomic E-state index is 3.74. The van der Waals surface area contributed by atoms with Crippen molar-refractivity contribution in [3.05, 3.63) is 83.4 Å². The van der Waals surface area contributed by atoms with E-state index in [-0.39, 0.29) is 0 Å². The first-order chi connectivity index (χ1) is 9.31. The summed E-state index contributed by atoms with van der Waals surface area (Å²) in [5, 5.41) is 0.